The van der Waals surface area contributed by atoms with E-state index in [9.17, 15) is 0 Å². The molecule has 0 aromatic heterocycles. The van der Waals surface area contributed by atoms with E-state index in [2.05, 4.69) is 22.9 Å². The molecule has 1 unspecified atom stereocenters. The summed E-state index contributed by atoms with van der Waals surface area (Å²) in [6, 6.07) is 0. The molecule has 2 radical (unpaired) electrons. The summed E-state index contributed by atoms with van der Waals surface area (Å²) in [4.78, 5) is 0. The van der Waals surface area contributed by atoms with Crippen molar-refractivity contribution < 1.29 is 19.4 Å². The average Bonchev–Trinajstić information content (AvgIpc) is 1.67. The fourth-order valence-electron chi connectivity index (χ4n) is 0.312. The van der Waals surface area contributed by atoms with Crippen molar-refractivity contribution in [2.75, 3.05) is 0 Å². The summed E-state index contributed by atoms with van der Waals surface area (Å²) in [5.41, 5.74) is 0. The van der Waals surface area contributed by atoms with Crippen molar-refractivity contribution in [3.63, 3.8) is 0 Å². The Morgan fingerprint density at radius 2 is 2.38 bits per heavy atom. The number of rotatable bonds is 3. The van der Waals surface area contributed by atoms with Crippen LogP contribution >= 0.6 is 15.9 Å². The summed E-state index contributed by atoms with van der Waals surface area (Å²) in [5.74, 6) is 0. The van der Waals surface area contributed by atoms with Gasteiger partial charge < -0.3 is 0 Å². The number of hydrogen-bond acceptors (Lipinski definition) is 0. The van der Waals surface area contributed by atoms with Crippen LogP contribution < -0.4 is 0 Å². The summed E-state index contributed by atoms with van der Waals surface area (Å²) in [6.07, 6.45) is 2.01. The van der Waals surface area contributed by atoms with Gasteiger partial charge >= 0.3 is 71.5 Å². The third-order valence-electron chi connectivity index (χ3n) is 0.731. The van der Waals surface area contributed by atoms with Crippen LogP contribution in [0.3, 0.4) is 0 Å². The van der Waals surface area contributed by atoms with Crippen LogP contribution in [0, 0.1) is 6.92 Å². The molecule has 0 fully saturated rings. The Balaban J connectivity index is 3.33. The van der Waals surface area contributed by atoms with E-state index in [0.29, 0.717) is 0 Å². The van der Waals surface area contributed by atoms with Crippen LogP contribution in [0.15, 0.2) is 0 Å². The first kappa shape index (κ1) is 9.10. The van der Waals surface area contributed by atoms with E-state index in [1.54, 1.807) is 0 Å². The van der Waals surface area contributed by atoms with Gasteiger partial charge in [0, 0.05) is 0 Å². The first-order valence-electron chi connectivity index (χ1n) is 2.40. The zero-order valence-electron chi connectivity index (χ0n) is 4.56. The minimum absolute atomic E-state index is 0.0965. The normalized spacial score (nSPS) is 13.2. The zero-order valence-corrected chi connectivity index (χ0v) is 9.08. The summed E-state index contributed by atoms with van der Waals surface area (Å²) in [7, 11) is 5.49. The predicted octanol–water partition coefficient (Wildman–Crippen LogP) is 1.21. The van der Waals surface area contributed by atoms with Crippen molar-refractivity contribution in [2.45, 2.75) is 17.6 Å². The van der Waals surface area contributed by atoms with Gasteiger partial charge in [0.1, 0.15) is 0 Å². The monoisotopic (exact) mass is 341 g/mol. The van der Waals surface area contributed by atoms with Crippen molar-refractivity contribution in [3.8, 4) is 0 Å². The number of hydrogen-bond donors (Lipinski definition) is 0. The van der Waals surface area contributed by atoms with Crippen LogP contribution in [0.2, 0.25) is 0 Å². The molecule has 1 atom stereocenters. The molecule has 0 saturated heterocycles. The van der Waals surface area contributed by atoms with Gasteiger partial charge in [0.2, 0.25) is 0 Å². The van der Waals surface area contributed by atoms with E-state index in [0.717, 1.165) is 12.8 Å². The summed E-state index contributed by atoms with van der Waals surface area (Å²) in [6.45, 7) is 3.72. The molecule has 3 heteroatoms. The Labute approximate surface area is 71.4 Å². The van der Waals surface area contributed by atoms with E-state index in [1.165, 1.54) is 23.3 Å². The van der Waals surface area contributed by atoms with Gasteiger partial charge in [0.15, 0.2) is 0 Å². The maximum atomic E-state index is 5.49. The van der Waals surface area contributed by atoms with Gasteiger partial charge in [-0.1, -0.05) is 0 Å². The first-order valence-corrected chi connectivity index (χ1v) is 4.78. The van der Waals surface area contributed by atoms with Crippen molar-refractivity contribution in [2.24, 2.45) is 0 Å². The quantitative estimate of drug-likeness (QED) is 0.411. The van der Waals surface area contributed by atoms with E-state index in [1.807, 2.05) is 0 Å². The Morgan fingerprint density at radius 1 is 1.88 bits per heavy atom. The van der Waals surface area contributed by atoms with E-state index >= 15 is 0 Å². The topological polar surface area (TPSA) is 0 Å². The second-order valence-corrected chi connectivity index (χ2v) is 4.34. The molecule has 0 spiro atoms. The molecule has 0 aromatic rings. The molecule has 0 heterocycles. The SMILES string of the molecule is [B]C(Br)[C](=[W])CC[CH2-]. The molecule has 0 N–H and O–H groups in total. The number of alkyl halides is 1. The fraction of sp³-hybridized carbons (Fsp3) is 0.600. The molecule has 8 heavy (non-hydrogen) atoms. The molecular formula is C5H7BBrW-. The van der Waals surface area contributed by atoms with Crippen LogP contribution in [0.4, 0.5) is 0 Å². The predicted molar refractivity (Wildman–Crippen MR) is 38.1 cm³/mol. The minimum atomic E-state index is 0.0965. The molecule has 0 aliphatic heterocycles. The molecule has 0 aliphatic carbocycles. The molecule has 0 aliphatic rings. The summed E-state index contributed by atoms with van der Waals surface area (Å²) < 4.78 is 1.44. The van der Waals surface area contributed by atoms with Crippen LogP contribution in [-0.4, -0.2) is 16.5 Å². The van der Waals surface area contributed by atoms with Crippen LogP contribution in [0.25, 0.3) is 0 Å². The van der Waals surface area contributed by atoms with Gasteiger partial charge in [0.05, 0.1) is 0 Å². The summed E-state index contributed by atoms with van der Waals surface area (Å²) in [5, 5.41) is 0. The van der Waals surface area contributed by atoms with Gasteiger partial charge in [-0.3, -0.25) is 0 Å². The first-order chi connectivity index (χ1) is 3.68. The molecular weight excluding hydrogens is 335 g/mol. The zero-order chi connectivity index (χ0) is 6.57. The molecule has 0 saturated carbocycles. The second kappa shape index (κ2) is 4.93. The van der Waals surface area contributed by atoms with Gasteiger partial charge in [-0.2, -0.15) is 0 Å². The summed E-state index contributed by atoms with van der Waals surface area (Å²) >= 11 is 4.74. The van der Waals surface area contributed by atoms with Gasteiger partial charge in [-0.15, -0.1) is 0 Å². The molecule has 0 aromatic carbocycles. The maximum absolute atomic E-state index is 5.49. The second-order valence-electron chi connectivity index (χ2n) is 1.47. The van der Waals surface area contributed by atoms with E-state index in [-0.39, 0.29) is 4.73 Å². The average molecular weight is 342 g/mol. The van der Waals surface area contributed by atoms with Crippen LogP contribution in [0.1, 0.15) is 12.8 Å². The van der Waals surface area contributed by atoms with Gasteiger partial charge in [-0.25, -0.2) is 0 Å². The number of halogens is 1. The van der Waals surface area contributed by atoms with Crippen molar-refractivity contribution in [1.82, 2.24) is 0 Å². The molecule has 0 bridgehead atoms. The van der Waals surface area contributed by atoms with Crippen molar-refractivity contribution in [1.29, 1.82) is 0 Å². The van der Waals surface area contributed by atoms with Crippen LogP contribution in [-0.2, 0) is 19.4 Å². The fourth-order valence-corrected chi connectivity index (χ4v) is 1.06. The molecule has 0 nitrogen and oxygen atoms in total. The van der Waals surface area contributed by atoms with Crippen molar-refractivity contribution in [3.05, 3.63) is 6.92 Å². The van der Waals surface area contributed by atoms with Crippen LogP contribution in [0.5, 0.6) is 0 Å². The Hall–Kier alpha value is 1.10. The van der Waals surface area contributed by atoms with Crippen molar-refractivity contribution >= 4 is 27.7 Å². The van der Waals surface area contributed by atoms with E-state index in [4.69, 9.17) is 7.85 Å². The third-order valence-corrected chi connectivity index (χ3v) is 4.13. The standard InChI is InChI=1S/C5H7BBr.W/c1-2-3-4-5(6)7;/h5H,1-3H2;/q-1;. The Bertz CT molecular complexity index is 82.5. The van der Waals surface area contributed by atoms with E-state index < -0.39 is 0 Å². The third kappa shape index (κ3) is 4.03. The van der Waals surface area contributed by atoms with Gasteiger partial charge in [0.25, 0.3) is 0 Å². The molecule has 0 amide bonds. The Morgan fingerprint density at radius 3 is 2.50 bits per heavy atom. The molecule has 0 rings (SSSR count). The Kier molecular flexibility index (Phi) is 5.61. The van der Waals surface area contributed by atoms with Gasteiger partial charge in [-0.05, 0) is 0 Å². The molecule has 44 valence electrons.